The van der Waals surface area contributed by atoms with E-state index < -0.39 is 0 Å². The van der Waals surface area contributed by atoms with Gasteiger partial charge in [-0.15, -0.1) is 0 Å². The van der Waals surface area contributed by atoms with Crippen LogP contribution in [0.15, 0.2) is 12.4 Å². The van der Waals surface area contributed by atoms with Crippen LogP contribution in [0.2, 0.25) is 0 Å². The second-order valence-electron chi connectivity index (χ2n) is 3.94. The molecule has 1 atom stereocenters. The number of nitrogens with one attached hydrogen (secondary N) is 2. The predicted molar refractivity (Wildman–Crippen MR) is 57.4 cm³/mol. The van der Waals surface area contributed by atoms with E-state index in [9.17, 15) is 4.79 Å². The number of carbonyl (C=O) groups excluding carboxylic acids is 1. The number of amides is 1. The van der Waals surface area contributed by atoms with Crippen LogP contribution in [0.3, 0.4) is 0 Å². The average molecular weight is 208 g/mol. The molecule has 0 unspecified atom stereocenters. The maximum atomic E-state index is 11.8. The predicted octanol–water partition coefficient (Wildman–Crippen LogP) is 0.358. The third kappa shape index (κ3) is 2.56. The van der Waals surface area contributed by atoms with Gasteiger partial charge in [-0.05, 0) is 19.4 Å². The maximum Gasteiger partial charge on any atom is 0.228 e. The molecule has 2 heterocycles. The summed E-state index contributed by atoms with van der Waals surface area (Å²) in [6.45, 7) is 1.81. The number of carbonyl (C=O) groups is 1. The third-order valence-electron chi connectivity index (χ3n) is 2.64. The van der Waals surface area contributed by atoms with Crippen LogP contribution in [0.25, 0.3) is 0 Å². The van der Waals surface area contributed by atoms with Crippen LogP contribution >= 0.6 is 0 Å². The van der Waals surface area contributed by atoms with E-state index in [1.54, 1.807) is 17.1 Å². The Hall–Kier alpha value is -1.36. The molecular formula is C10H16N4O. The lowest BCUT2D eigenvalue weighted by molar-refractivity contribution is -0.120. The van der Waals surface area contributed by atoms with Crippen LogP contribution < -0.4 is 10.6 Å². The lowest BCUT2D eigenvalue weighted by atomic mass is 9.99. The molecule has 1 fully saturated rings. The van der Waals surface area contributed by atoms with Gasteiger partial charge in [-0.2, -0.15) is 5.10 Å². The Balaban J connectivity index is 1.91. The first kappa shape index (κ1) is 10.2. The largest absolute Gasteiger partial charge is 0.323 e. The van der Waals surface area contributed by atoms with Crippen molar-refractivity contribution in [2.24, 2.45) is 13.0 Å². The Bertz CT molecular complexity index is 341. The highest BCUT2D eigenvalue weighted by molar-refractivity contribution is 5.92. The minimum atomic E-state index is 0.0928. The molecule has 0 aromatic carbocycles. The highest BCUT2D eigenvalue weighted by atomic mass is 16.1. The number of aryl methyl sites for hydroxylation is 1. The second kappa shape index (κ2) is 4.44. The highest BCUT2D eigenvalue weighted by Gasteiger charge is 2.20. The molecule has 1 aromatic heterocycles. The average Bonchev–Trinajstić information content (AvgIpc) is 2.65. The molecule has 0 saturated carbocycles. The standard InChI is InChI=1S/C10H16N4O/c1-14-7-9(6-12-14)13-10(15)8-3-2-4-11-5-8/h6-8,11H,2-5H2,1H3,(H,13,15)/t8-/m1/s1. The van der Waals surface area contributed by atoms with Crippen molar-refractivity contribution in [1.29, 1.82) is 0 Å². The molecule has 0 aliphatic carbocycles. The van der Waals surface area contributed by atoms with Crippen molar-refractivity contribution < 1.29 is 4.79 Å². The highest BCUT2D eigenvalue weighted by Crippen LogP contribution is 2.13. The zero-order valence-corrected chi connectivity index (χ0v) is 8.86. The molecule has 5 nitrogen and oxygen atoms in total. The topological polar surface area (TPSA) is 59.0 Å². The summed E-state index contributed by atoms with van der Waals surface area (Å²) in [5.74, 6) is 0.189. The van der Waals surface area contributed by atoms with Crippen molar-refractivity contribution in [2.45, 2.75) is 12.8 Å². The summed E-state index contributed by atoms with van der Waals surface area (Å²) in [6, 6.07) is 0. The fourth-order valence-electron chi connectivity index (χ4n) is 1.81. The molecule has 0 bridgehead atoms. The molecule has 1 aromatic rings. The number of hydrogen-bond donors (Lipinski definition) is 2. The lowest BCUT2D eigenvalue weighted by Crippen LogP contribution is -2.37. The molecular weight excluding hydrogens is 192 g/mol. The van der Waals surface area contributed by atoms with Crippen molar-refractivity contribution in [3.05, 3.63) is 12.4 Å². The van der Waals surface area contributed by atoms with Gasteiger partial charge in [0.2, 0.25) is 5.91 Å². The summed E-state index contributed by atoms with van der Waals surface area (Å²) in [4.78, 5) is 11.8. The first-order valence-corrected chi connectivity index (χ1v) is 5.26. The van der Waals surface area contributed by atoms with E-state index in [4.69, 9.17) is 0 Å². The monoisotopic (exact) mass is 208 g/mol. The Morgan fingerprint density at radius 3 is 3.20 bits per heavy atom. The van der Waals surface area contributed by atoms with E-state index >= 15 is 0 Å². The van der Waals surface area contributed by atoms with E-state index in [0.29, 0.717) is 0 Å². The molecule has 1 amide bonds. The van der Waals surface area contributed by atoms with E-state index in [-0.39, 0.29) is 11.8 Å². The molecule has 82 valence electrons. The van der Waals surface area contributed by atoms with Crippen LogP contribution in [0.4, 0.5) is 5.69 Å². The molecule has 1 saturated heterocycles. The summed E-state index contributed by atoms with van der Waals surface area (Å²) in [7, 11) is 1.83. The van der Waals surface area contributed by atoms with Crippen molar-refractivity contribution in [2.75, 3.05) is 18.4 Å². The molecule has 15 heavy (non-hydrogen) atoms. The molecule has 2 N–H and O–H groups in total. The summed E-state index contributed by atoms with van der Waals surface area (Å²) < 4.78 is 1.68. The Morgan fingerprint density at radius 2 is 2.60 bits per heavy atom. The zero-order valence-electron chi connectivity index (χ0n) is 8.86. The van der Waals surface area contributed by atoms with Gasteiger partial charge < -0.3 is 10.6 Å². The van der Waals surface area contributed by atoms with Crippen LogP contribution in [-0.4, -0.2) is 28.8 Å². The van der Waals surface area contributed by atoms with Crippen molar-refractivity contribution >= 4 is 11.6 Å². The van der Waals surface area contributed by atoms with E-state index in [1.165, 1.54) is 0 Å². The first-order valence-electron chi connectivity index (χ1n) is 5.26. The number of anilines is 1. The summed E-state index contributed by atoms with van der Waals surface area (Å²) >= 11 is 0. The van der Waals surface area contributed by atoms with Crippen molar-refractivity contribution in [3.63, 3.8) is 0 Å². The van der Waals surface area contributed by atoms with E-state index in [0.717, 1.165) is 31.6 Å². The van der Waals surface area contributed by atoms with Gasteiger partial charge in [0.05, 0.1) is 17.8 Å². The smallest absolute Gasteiger partial charge is 0.228 e. The number of rotatable bonds is 2. The number of nitrogens with zero attached hydrogens (tertiary/aromatic N) is 2. The van der Waals surface area contributed by atoms with Crippen LogP contribution in [0, 0.1) is 5.92 Å². The minimum Gasteiger partial charge on any atom is -0.323 e. The van der Waals surface area contributed by atoms with Gasteiger partial charge in [0.1, 0.15) is 0 Å². The van der Waals surface area contributed by atoms with Gasteiger partial charge in [-0.25, -0.2) is 0 Å². The molecule has 2 rings (SSSR count). The van der Waals surface area contributed by atoms with Gasteiger partial charge in [-0.1, -0.05) is 0 Å². The Morgan fingerprint density at radius 1 is 1.73 bits per heavy atom. The Labute approximate surface area is 88.8 Å². The van der Waals surface area contributed by atoms with E-state index in [2.05, 4.69) is 15.7 Å². The number of aromatic nitrogens is 2. The zero-order chi connectivity index (χ0) is 10.7. The van der Waals surface area contributed by atoms with Crippen molar-refractivity contribution in [3.8, 4) is 0 Å². The van der Waals surface area contributed by atoms with Crippen LogP contribution in [0.1, 0.15) is 12.8 Å². The minimum absolute atomic E-state index is 0.0928. The normalized spacial score (nSPS) is 21.3. The van der Waals surface area contributed by atoms with Gasteiger partial charge in [0, 0.05) is 19.8 Å². The first-order chi connectivity index (χ1) is 7.25. The van der Waals surface area contributed by atoms with Crippen molar-refractivity contribution in [1.82, 2.24) is 15.1 Å². The fourth-order valence-corrected chi connectivity index (χ4v) is 1.81. The number of hydrogen-bond acceptors (Lipinski definition) is 3. The van der Waals surface area contributed by atoms with Crippen LogP contribution in [0.5, 0.6) is 0 Å². The Kier molecular flexibility index (Phi) is 3.01. The molecule has 0 radical (unpaired) electrons. The molecule has 1 aliphatic rings. The maximum absolute atomic E-state index is 11.8. The van der Waals surface area contributed by atoms with E-state index in [1.807, 2.05) is 7.05 Å². The fraction of sp³-hybridized carbons (Fsp3) is 0.600. The molecule has 5 heteroatoms. The number of piperidine rings is 1. The van der Waals surface area contributed by atoms with Gasteiger partial charge in [0.15, 0.2) is 0 Å². The second-order valence-corrected chi connectivity index (χ2v) is 3.94. The van der Waals surface area contributed by atoms with Gasteiger partial charge in [-0.3, -0.25) is 9.48 Å². The van der Waals surface area contributed by atoms with Gasteiger partial charge in [0.25, 0.3) is 0 Å². The summed E-state index contributed by atoms with van der Waals surface area (Å²) in [6.07, 6.45) is 5.51. The third-order valence-corrected chi connectivity index (χ3v) is 2.64. The SMILES string of the molecule is Cn1cc(NC(=O)[C@@H]2CCCNC2)cn1. The summed E-state index contributed by atoms with van der Waals surface area (Å²) in [5, 5.41) is 10.1. The lowest BCUT2D eigenvalue weighted by Gasteiger charge is -2.21. The molecule has 0 spiro atoms. The van der Waals surface area contributed by atoms with Crippen LogP contribution in [-0.2, 0) is 11.8 Å². The summed E-state index contributed by atoms with van der Waals surface area (Å²) in [5.41, 5.74) is 0.771. The molecule has 1 aliphatic heterocycles. The van der Waals surface area contributed by atoms with Gasteiger partial charge >= 0.3 is 0 Å². The quantitative estimate of drug-likeness (QED) is 0.737.